The van der Waals surface area contributed by atoms with Gasteiger partial charge in [0.2, 0.25) is 5.91 Å². The van der Waals surface area contributed by atoms with Crippen molar-refractivity contribution < 1.29 is 19.4 Å². The molecule has 1 aromatic heterocycles. The molecule has 0 bridgehead atoms. The van der Waals surface area contributed by atoms with Gasteiger partial charge in [0.05, 0.1) is 24.8 Å². The zero-order valence-electron chi connectivity index (χ0n) is 11.6. The van der Waals surface area contributed by atoms with Crippen LogP contribution in [0.1, 0.15) is 27.2 Å². The summed E-state index contributed by atoms with van der Waals surface area (Å²) in [4.78, 5) is 24.9. The first kappa shape index (κ1) is 15.0. The molecule has 0 radical (unpaired) electrons. The molecule has 0 aliphatic carbocycles. The van der Waals surface area contributed by atoms with Crippen molar-refractivity contribution >= 4 is 28.2 Å². The second-order valence-corrected chi connectivity index (χ2v) is 6.04. The van der Waals surface area contributed by atoms with Gasteiger partial charge in [-0.05, 0) is 25.8 Å². The number of hydrogen-bond donors (Lipinski definition) is 3. The predicted octanol–water partition coefficient (Wildman–Crippen LogP) is 0.813. The molecule has 1 fully saturated rings. The number of hydrogen-bond acceptors (Lipinski definition) is 6. The minimum atomic E-state index is -0.502. The third-order valence-electron chi connectivity index (χ3n) is 3.44. The Balaban J connectivity index is 2.19. The van der Waals surface area contributed by atoms with Crippen molar-refractivity contribution in [1.82, 2.24) is 5.32 Å². The van der Waals surface area contributed by atoms with E-state index in [4.69, 9.17) is 4.74 Å². The van der Waals surface area contributed by atoms with E-state index in [1.54, 1.807) is 0 Å². The summed E-state index contributed by atoms with van der Waals surface area (Å²) >= 11 is 1.35. The third kappa shape index (κ3) is 2.84. The third-order valence-corrected chi connectivity index (χ3v) is 4.56. The Labute approximate surface area is 121 Å². The molecule has 1 aromatic rings. The monoisotopic (exact) mass is 298 g/mol. The van der Waals surface area contributed by atoms with Crippen LogP contribution in [-0.2, 0) is 9.53 Å². The number of aliphatic hydroxyl groups is 1. The lowest BCUT2D eigenvalue weighted by Gasteiger charge is -2.11. The number of amides is 1. The van der Waals surface area contributed by atoms with Gasteiger partial charge in [0, 0.05) is 11.4 Å². The van der Waals surface area contributed by atoms with Crippen LogP contribution in [0.5, 0.6) is 0 Å². The fourth-order valence-electron chi connectivity index (χ4n) is 2.18. The Hall–Kier alpha value is -1.44. The molecular weight excluding hydrogens is 280 g/mol. The highest BCUT2D eigenvalue weighted by Gasteiger charge is 2.30. The number of thiophene rings is 1. The van der Waals surface area contributed by atoms with Crippen molar-refractivity contribution in [2.45, 2.75) is 32.4 Å². The second-order valence-electron chi connectivity index (χ2n) is 4.82. The zero-order chi connectivity index (χ0) is 14.9. The Kier molecular flexibility index (Phi) is 4.42. The number of esters is 1. The first-order valence-corrected chi connectivity index (χ1v) is 7.16. The molecule has 2 heterocycles. The van der Waals surface area contributed by atoms with E-state index >= 15 is 0 Å². The van der Waals surface area contributed by atoms with Gasteiger partial charge in [0.15, 0.2) is 0 Å². The highest BCUT2D eigenvalue weighted by Crippen LogP contribution is 2.33. The Morgan fingerprint density at radius 2 is 2.15 bits per heavy atom. The maximum absolute atomic E-state index is 12.1. The summed E-state index contributed by atoms with van der Waals surface area (Å²) in [5.74, 6) is -0.700. The van der Waals surface area contributed by atoms with Crippen LogP contribution in [0.15, 0.2) is 0 Å². The number of aryl methyl sites for hydroxylation is 1. The predicted molar refractivity (Wildman–Crippen MR) is 76.2 cm³/mol. The molecule has 7 heteroatoms. The fraction of sp³-hybridized carbons (Fsp3) is 0.538. The van der Waals surface area contributed by atoms with E-state index in [2.05, 4.69) is 10.6 Å². The molecule has 1 aliphatic heterocycles. The summed E-state index contributed by atoms with van der Waals surface area (Å²) in [6, 6.07) is -0.432. The highest BCUT2D eigenvalue weighted by atomic mass is 32.1. The first-order chi connectivity index (χ1) is 9.43. The number of aliphatic hydroxyl groups excluding tert-OH is 1. The van der Waals surface area contributed by atoms with E-state index in [0.717, 1.165) is 10.4 Å². The molecule has 1 saturated heterocycles. The molecule has 6 nitrogen and oxygen atoms in total. The van der Waals surface area contributed by atoms with Crippen LogP contribution in [-0.4, -0.2) is 42.8 Å². The van der Waals surface area contributed by atoms with Gasteiger partial charge in [-0.3, -0.25) is 4.79 Å². The van der Waals surface area contributed by atoms with Crippen molar-refractivity contribution in [3.8, 4) is 0 Å². The van der Waals surface area contributed by atoms with Gasteiger partial charge in [-0.25, -0.2) is 4.79 Å². The van der Waals surface area contributed by atoms with E-state index in [9.17, 15) is 14.7 Å². The Bertz CT molecular complexity index is 541. The van der Waals surface area contributed by atoms with E-state index in [1.165, 1.54) is 18.4 Å². The summed E-state index contributed by atoms with van der Waals surface area (Å²) in [6.07, 6.45) is -0.124. The number of nitrogens with one attached hydrogen (secondary N) is 2. The molecule has 2 rings (SSSR count). The van der Waals surface area contributed by atoms with Gasteiger partial charge >= 0.3 is 5.97 Å². The Morgan fingerprint density at radius 1 is 1.45 bits per heavy atom. The van der Waals surface area contributed by atoms with Crippen molar-refractivity contribution in [2.75, 3.05) is 19.0 Å². The smallest absolute Gasteiger partial charge is 0.341 e. The van der Waals surface area contributed by atoms with Crippen molar-refractivity contribution in [2.24, 2.45) is 0 Å². The average Bonchev–Trinajstić information content (AvgIpc) is 2.94. The molecule has 3 N–H and O–H groups in total. The van der Waals surface area contributed by atoms with E-state index < -0.39 is 18.1 Å². The molecule has 2 atom stereocenters. The minimum absolute atomic E-state index is 0.243. The van der Waals surface area contributed by atoms with Crippen LogP contribution in [0, 0.1) is 13.8 Å². The van der Waals surface area contributed by atoms with E-state index in [0.29, 0.717) is 23.5 Å². The maximum atomic E-state index is 12.1. The number of β-amino-alcohol motifs (C(OH)–C–C–N with tert-alkyl or cyclic N) is 1. The quantitative estimate of drug-likeness (QED) is 0.719. The minimum Gasteiger partial charge on any atom is -0.465 e. The van der Waals surface area contributed by atoms with Crippen LogP contribution in [0.4, 0.5) is 5.00 Å². The molecule has 110 valence electrons. The van der Waals surface area contributed by atoms with Crippen molar-refractivity contribution in [3.05, 3.63) is 16.0 Å². The second kappa shape index (κ2) is 5.90. The van der Waals surface area contributed by atoms with Gasteiger partial charge in [0.25, 0.3) is 0 Å². The van der Waals surface area contributed by atoms with Gasteiger partial charge in [-0.2, -0.15) is 0 Å². The van der Waals surface area contributed by atoms with Crippen molar-refractivity contribution in [1.29, 1.82) is 0 Å². The first-order valence-electron chi connectivity index (χ1n) is 6.34. The Morgan fingerprint density at radius 3 is 2.70 bits per heavy atom. The molecular formula is C13H18N2O4S. The number of carbonyl (C=O) groups is 2. The number of rotatable bonds is 3. The van der Waals surface area contributed by atoms with Gasteiger partial charge in [-0.1, -0.05) is 0 Å². The number of carbonyl (C=O) groups excluding carboxylic acids is 2. The van der Waals surface area contributed by atoms with Crippen LogP contribution in [0.3, 0.4) is 0 Å². The van der Waals surface area contributed by atoms with E-state index in [-0.39, 0.29) is 5.91 Å². The lowest BCUT2D eigenvalue weighted by molar-refractivity contribution is -0.117. The summed E-state index contributed by atoms with van der Waals surface area (Å²) in [5.41, 5.74) is 1.22. The maximum Gasteiger partial charge on any atom is 0.341 e. The number of anilines is 1. The lowest BCUT2D eigenvalue weighted by atomic mass is 10.1. The summed E-state index contributed by atoms with van der Waals surface area (Å²) in [6.45, 7) is 4.12. The normalized spacial score (nSPS) is 21.8. The molecule has 1 aliphatic rings. The zero-order valence-corrected chi connectivity index (χ0v) is 12.5. The summed E-state index contributed by atoms with van der Waals surface area (Å²) in [7, 11) is 1.31. The van der Waals surface area contributed by atoms with Gasteiger partial charge < -0.3 is 20.5 Å². The molecule has 0 aromatic carbocycles. The standard InChI is InChI=1S/C13H18N2O4S/c1-6-7(2)20-12(10(6)13(18)19-3)15-11(17)9-4-8(16)5-14-9/h8-9,14,16H,4-5H2,1-3H3,(H,15,17). The van der Waals surface area contributed by atoms with Crippen LogP contribution in [0.2, 0.25) is 0 Å². The topological polar surface area (TPSA) is 87.7 Å². The summed E-state index contributed by atoms with van der Waals surface area (Å²) < 4.78 is 4.76. The van der Waals surface area contributed by atoms with E-state index in [1.807, 2.05) is 13.8 Å². The molecule has 0 spiro atoms. The number of ether oxygens (including phenoxy) is 1. The molecule has 1 amide bonds. The van der Waals surface area contributed by atoms with Crippen LogP contribution >= 0.6 is 11.3 Å². The largest absolute Gasteiger partial charge is 0.465 e. The lowest BCUT2D eigenvalue weighted by Crippen LogP contribution is -2.35. The molecule has 0 saturated carbocycles. The number of methoxy groups -OCH3 is 1. The van der Waals surface area contributed by atoms with Crippen molar-refractivity contribution in [3.63, 3.8) is 0 Å². The highest BCUT2D eigenvalue weighted by molar-refractivity contribution is 7.16. The fourth-order valence-corrected chi connectivity index (χ4v) is 3.23. The van der Waals surface area contributed by atoms with Crippen LogP contribution < -0.4 is 10.6 Å². The summed E-state index contributed by atoms with van der Waals surface area (Å²) in [5, 5.41) is 15.6. The average molecular weight is 298 g/mol. The van der Waals surface area contributed by atoms with Gasteiger partial charge in [-0.15, -0.1) is 11.3 Å². The van der Waals surface area contributed by atoms with Gasteiger partial charge in [0.1, 0.15) is 5.00 Å². The molecule has 20 heavy (non-hydrogen) atoms. The SMILES string of the molecule is COC(=O)c1c(NC(=O)C2CC(O)CN2)sc(C)c1C. The van der Waals surface area contributed by atoms with Crippen LogP contribution in [0.25, 0.3) is 0 Å². The molecule has 2 unspecified atom stereocenters.